The highest BCUT2D eigenvalue weighted by Gasteiger charge is 2.36. The van der Waals surface area contributed by atoms with Crippen molar-refractivity contribution in [2.24, 2.45) is 0 Å². The van der Waals surface area contributed by atoms with Crippen molar-refractivity contribution in [1.82, 2.24) is 0 Å². The van der Waals surface area contributed by atoms with Gasteiger partial charge in [-0.05, 0) is 36.8 Å². The maximum absolute atomic E-state index is 12.4. The molecule has 2 aromatic rings. The van der Waals surface area contributed by atoms with Crippen molar-refractivity contribution in [3.8, 4) is 0 Å². The molecule has 0 radical (unpaired) electrons. The molecule has 0 saturated heterocycles. The van der Waals surface area contributed by atoms with Crippen LogP contribution in [0.5, 0.6) is 0 Å². The SMILES string of the molecule is Cc1c(Br)cccc1N1C(=O)c2ccccc2C1=O. The van der Waals surface area contributed by atoms with Gasteiger partial charge in [0, 0.05) is 4.47 Å². The molecule has 2 aromatic carbocycles. The van der Waals surface area contributed by atoms with Crippen molar-refractivity contribution in [3.63, 3.8) is 0 Å². The second-order valence-corrected chi connectivity index (χ2v) is 5.23. The summed E-state index contributed by atoms with van der Waals surface area (Å²) in [5, 5.41) is 0. The van der Waals surface area contributed by atoms with Gasteiger partial charge in [-0.3, -0.25) is 9.59 Å². The minimum atomic E-state index is -0.262. The first kappa shape index (κ1) is 12.1. The van der Waals surface area contributed by atoms with Crippen LogP contribution in [0.3, 0.4) is 0 Å². The number of anilines is 1. The number of amides is 2. The molecule has 94 valence electrons. The van der Waals surface area contributed by atoms with Crippen LogP contribution in [0.25, 0.3) is 0 Å². The summed E-state index contributed by atoms with van der Waals surface area (Å²) in [7, 11) is 0. The number of imide groups is 1. The third-order valence-corrected chi connectivity index (χ3v) is 4.13. The molecular formula is C15H10BrNO2. The summed E-state index contributed by atoms with van der Waals surface area (Å²) in [6.07, 6.45) is 0. The average Bonchev–Trinajstić information content (AvgIpc) is 2.67. The number of rotatable bonds is 1. The van der Waals surface area contributed by atoms with Gasteiger partial charge >= 0.3 is 0 Å². The Morgan fingerprint density at radius 2 is 1.47 bits per heavy atom. The van der Waals surface area contributed by atoms with Crippen LogP contribution in [0.2, 0.25) is 0 Å². The lowest BCUT2D eigenvalue weighted by atomic mass is 10.1. The lowest BCUT2D eigenvalue weighted by Crippen LogP contribution is -2.30. The first-order valence-corrected chi connectivity index (χ1v) is 6.63. The zero-order valence-electron chi connectivity index (χ0n) is 10.2. The summed E-state index contributed by atoms with van der Waals surface area (Å²) in [6.45, 7) is 1.88. The Kier molecular flexibility index (Phi) is 2.75. The molecule has 19 heavy (non-hydrogen) atoms. The van der Waals surface area contributed by atoms with E-state index in [1.54, 1.807) is 30.3 Å². The molecule has 1 heterocycles. The third kappa shape index (κ3) is 1.71. The fourth-order valence-corrected chi connectivity index (χ4v) is 2.60. The Bertz CT molecular complexity index is 674. The smallest absolute Gasteiger partial charge is 0.266 e. The van der Waals surface area contributed by atoms with Crippen LogP contribution in [-0.2, 0) is 0 Å². The van der Waals surface area contributed by atoms with Crippen molar-refractivity contribution in [2.75, 3.05) is 4.90 Å². The van der Waals surface area contributed by atoms with E-state index in [0.29, 0.717) is 16.8 Å². The van der Waals surface area contributed by atoms with E-state index < -0.39 is 0 Å². The maximum Gasteiger partial charge on any atom is 0.266 e. The Morgan fingerprint density at radius 3 is 2.05 bits per heavy atom. The molecule has 0 unspecified atom stereocenters. The fourth-order valence-electron chi connectivity index (χ4n) is 2.25. The third-order valence-electron chi connectivity index (χ3n) is 3.27. The number of hydrogen-bond acceptors (Lipinski definition) is 2. The average molecular weight is 316 g/mol. The standard InChI is InChI=1S/C15H10BrNO2/c1-9-12(16)7-4-8-13(9)17-14(18)10-5-2-3-6-11(10)15(17)19/h2-8H,1H3. The molecule has 0 fully saturated rings. The van der Waals surface area contributed by atoms with Crippen molar-refractivity contribution in [2.45, 2.75) is 6.92 Å². The van der Waals surface area contributed by atoms with Crippen LogP contribution in [0.4, 0.5) is 5.69 Å². The Hall–Kier alpha value is -1.94. The molecule has 0 aromatic heterocycles. The molecule has 0 N–H and O–H groups in total. The number of nitrogens with zero attached hydrogens (tertiary/aromatic N) is 1. The highest BCUT2D eigenvalue weighted by Crippen LogP contribution is 2.33. The summed E-state index contributed by atoms with van der Waals surface area (Å²) in [4.78, 5) is 26.0. The predicted octanol–water partition coefficient (Wildman–Crippen LogP) is 3.56. The van der Waals surface area contributed by atoms with Gasteiger partial charge in [0.25, 0.3) is 11.8 Å². The van der Waals surface area contributed by atoms with Gasteiger partial charge in [-0.1, -0.05) is 34.1 Å². The molecular weight excluding hydrogens is 306 g/mol. The summed E-state index contributed by atoms with van der Waals surface area (Å²) >= 11 is 3.42. The van der Waals surface area contributed by atoms with Crippen molar-refractivity contribution in [3.05, 3.63) is 63.6 Å². The van der Waals surface area contributed by atoms with Gasteiger partial charge in [0.05, 0.1) is 16.8 Å². The quantitative estimate of drug-likeness (QED) is 0.755. The second kappa shape index (κ2) is 4.31. The summed E-state index contributed by atoms with van der Waals surface area (Å²) in [5.74, 6) is -0.524. The van der Waals surface area contributed by atoms with Crippen molar-refractivity contribution < 1.29 is 9.59 Å². The molecule has 0 saturated carbocycles. The number of carbonyl (C=O) groups is 2. The lowest BCUT2D eigenvalue weighted by molar-refractivity contribution is 0.0926. The lowest BCUT2D eigenvalue weighted by Gasteiger charge is -2.17. The second-order valence-electron chi connectivity index (χ2n) is 4.38. The number of carbonyl (C=O) groups excluding carboxylic acids is 2. The molecule has 0 spiro atoms. The van der Waals surface area contributed by atoms with Crippen LogP contribution in [0.15, 0.2) is 46.9 Å². The summed E-state index contributed by atoms with van der Waals surface area (Å²) in [6, 6.07) is 12.4. The minimum Gasteiger partial charge on any atom is -0.268 e. The molecule has 1 aliphatic heterocycles. The van der Waals surface area contributed by atoms with Crippen molar-refractivity contribution >= 4 is 33.4 Å². The van der Waals surface area contributed by atoms with E-state index in [0.717, 1.165) is 10.0 Å². The van der Waals surface area contributed by atoms with E-state index >= 15 is 0 Å². The monoisotopic (exact) mass is 315 g/mol. The van der Waals surface area contributed by atoms with Crippen LogP contribution in [0.1, 0.15) is 26.3 Å². The maximum atomic E-state index is 12.4. The van der Waals surface area contributed by atoms with Crippen LogP contribution >= 0.6 is 15.9 Å². The highest BCUT2D eigenvalue weighted by molar-refractivity contribution is 9.10. The zero-order valence-corrected chi connectivity index (χ0v) is 11.8. The molecule has 2 amide bonds. The highest BCUT2D eigenvalue weighted by atomic mass is 79.9. The number of halogens is 1. The minimum absolute atomic E-state index is 0.262. The van der Waals surface area contributed by atoms with Crippen LogP contribution in [-0.4, -0.2) is 11.8 Å². The van der Waals surface area contributed by atoms with Crippen LogP contribution in [0, 0.1) is 6.92 Å². The van der Waals surface area contributed by atoms with Gasteiger partial charge in [0.1, 0.15) is 0 Å². The largest absolute Gasteiger partial charge is 0.268 e. The molecule has 0 bridgehead atoms. The molecule has 1 aliphatic rings. The topological polar surface area (TPSA) is 37.4 Å². The zero-order chi connectivity index (χ0) is 13.6. The van der Waals surface area contributed by atoms with Gasteiger partial charge < -0.3 is 0 Å². The van der Waals surface area contributed by atoms with E-state index in [1.807, 2.05) is 19.1 Å². The molecule has 3 nitrogen and oxygen atoms in total. The summed E-state index contributed by atoms with van der Waals surface area (Å²) < 4.78 is 0.876. The Morgan fingerprint density at radius 1 is 0.895 bits per heavy atom. The van der Waals surface area contributed by atoms with E-state index in [1.165, 1.54) is 4.90 Å². The Balaban J connectivity index is 2.17. The summed E-state index contributed by atoms with van der Waals surface area (Å²) in [5.41, 5.74) is 2.43. The van der Waals surface area contributed by atoms with Gasteiger partial charge in [0.2, 0.25) is 0 Å². The molecule has 0 atom stereocenters. The van der Waals surface area contributed by atoms with E-state index in [4.69, 9.17) is 0 Å². The predicted molar refractivity (Wildman–Crippen MR) is 76.5 cm³/mol. The number of fused-ring (bicyclic) bond motifs is 1. The fraction of sp³-hybridized carbons (Fsp3) is 0.0667. The molecule has 0 aliphatic carbocycles. The van der Waals surface area contributed by atoms with E-state index in [9.17, 15) is 9.59 Å². The van der Waals surface area contributed by atoms with Crippen molar-refractivity contribution in [1.29, 1.82) is 0 Å². The number of hydrogen-bond donors (Lipinski definition) is 0. The molecule has 4 heteroatoms. The van der Waals surface area contributed by atoms with Gasteiger partial charge in [-0.2, -0.15) is 0 Å². The first-order valence-electron chi connectivity index (χ1n) is 5.84. The normalized spacial score (nSPS) is 13.9. The Labute approximate surface area is 119 Å². The molecule has 3 rings (SSSR count). The van der Waals surface area contributed by atoms with Gasteiger partial charge in [-0.25, -0.2) is 4.90 Å². The number of benzene rings is 2. The van der Waals surface area contributed by atoms with Gasteiger partial charge in [0.15, 0.2) is 0 Å². The van der Waals surface area contributed by atoms with Gasteiger partial charge in [-0.15, -0.1) is 0 Å². The van der Waals surface area contributed by atoms with E-state index in [2.05, 4.69) is 15.9 Å². The van der Waals surface area contributed by atoms with Crippen LogP contribution < -0.4 is 4.90 Å². The first-order chi connectivity index (χ1) is 9.11. The van der Waals surface area contributed by atoms with E-state index in [-0.39, 0.29) is 11.8 Å².